The first-order valence-electron chi connectivity index (χ1n) is 1.82. The van der Waals surface area contributed by atoms with Crippen molar-refractivity contribution in [2.45, 2.75) is 0 Å². The second-order valence-corrected chi connectivity index (χ2v) is 1.09. The Morgan fingerprint density at radius 1 is 1.00 bits per heavy atom. The van der Waals surface area contributed by atoms with E-state index in [-0.39, 0.29) is 0 Å². The summed E-state index contributed by atoms with van der Waals surface area (Å²) >= 11 is 0. The summed E-state index contributed by atoms with van der Waals surface area (Å²) < 4.78 is 0. The third-order valence-electron chi connectivity index (χ3n) is 0.655. The lowest BCUT2D eigenvalue weighted by molar-refractivity contribution is 2.15. The van der Waals surface area contributed by atoms with Gasteiger partial charge in [0.05, 0.1) is 0 Å². The zero-order valence-electron chi connectivity index (χ0n) is 3.02. The molecule has 0 aromatic carbocycles. The Hall–Kier alpha value is -0.455. The Bertz CT molecular complexity index is 61.7. The Balaban J connectivity index is 2.61. The van der Waals surface area contributed by atoms with Crippen molar-refractivity contribution in [1.82, 2.24) is 0 Å². The molecule has 1 aliphatic heterocycles. The van der Waals surface area contributed by atoms with Gasteiger partial charge in [-0.3, -0.25) is 0 Å². The Morgan fingerprint density at radius 3 is 1.80 bits per heavy atom. The third-order valence-corrected chi connectivity index (χ3v) is 0.655. The molecule has 1 heteroatoms. The van der Waals surface area contributed by atoms with E-state index in [1.807, 2.05) is 0 Å². The zero-order chi connectivity index (χ0) is 3.54. The highest BCUT2D eigenvalue weighted by molar-refractivity contribution is 6.49. The fraction of sp³-hybridized carbons (Fsp3) is 0. The van der Waals surface area contributed by atoms with Crippen LogP contribution in [0.4, 0.5) is 0 Å². The minimum Gasteiger partial charge on any atom is -0.114 e. The molecule has 1 heterocycles. The predicted molar refractivity (Wildman–Crippen MR) is 25.4 cm³/mol. The highest BCUT2D eigenvalue weighted by Crippen LogP contribution is 1.82. The quantitative estimate of drug-likeness (QED) is 0.359. The average Bonchev–Trinajstić information content (AvgIpc) is 1.76. The predicted octanol–water partition coefficient (Wildman–Crippen LogP) is 0.464. The lowest BCUT2D eigenvalue weighted by Crippen LogP contribution is -1.63. The molecular weight excluding hydrogens is 58.9 g/mol. The lowest BCUT2D eigenvalue weighted by Gasteiger charge is -1.51. The van der Waals surface area contributed by atoms with Crippen LogP contribution in [0.1, 0.15) is 0 Å². The van der Waals surface area contributed by atoms with Crippen molar-refractivity contribution in [2.75, 3.05) is 0 Å². The van der Waals surface area contributed by atoms with E-state index in [9.17, 15) is 0 Å². The molecule has 0 N–H and O–H groups in total. The van der Waals surface area contributed by atoms with Crippen molar-refractivity contribution < 1.29 is 0 Å². The molecule has 24 valence electrons. The van der Waals surface area contributed by atoms with E-state index in [1.165, 1.54) is 0 Å². The van der Waals surface area contributed by atoms with Crippen LogP contribution in [0.2, 0.25) is 0 Å². The van der Waals surface area contributed by atoms with Gasteiger partial charge >= 0.3 is 0 Å². The van der Waals surface area contributed by atoms with Gasteiger partial charge < -0.3 is 0 Å². The normalized spacial score (nSPS) is 16.0. The van der Waals surface area contributed by atoms with Crippen LogP contribution in [0.25, 0.3) is 0 Å². The first kappa shape index (κ1) is 2.76. The van der Waals surface area contributed by atoms with Crippen molar-refractivity contribution in [2.24, 2.45) is 0 Å². The molecular formula is C4H5B. The van der Waals surface area contributed by atoms with Crippen LogP contribution in [0.15, 0.2) is 24.1 Å². The van der Waals surface area contributed by atoms with Gasteiger partial charge in [-0.25, -0.2) is 0 Å². The van der Waals surface area contributed by atoms with Crippen LogP contribution < -0.4 is 0 Å². The molecule has 1 rings (SSSR count). The molecule has 0 spiro atoms. The SMILES string of the molecule is B1C=CC=C1. The second kappa shape index (κ2) is 1.11. The standard InChI is InChI=1S/C4H5B/c1-2-4-5-3-1/h1-5H. The van der Waals surface area contributed by atoms with Gasteiger partial charge in [0, 0.05) is 0 Å². The molecule has 0 atom stereocenters. The summed E-state index contributed by atoms with van der Waals surface area (Å²) in [7, 11) is 1.14. The van der Waals surface area contributed by atoms with Gasteiger partial charge in [-0.05, 0) is 0 Å². The summed E-state index contributed by atoms with van der Waals surface area (Å²) in [6.45, 7) is 0. The van der Waals surface area contributed by atoms with E-state index >= 15 is 0 Å². The number of rotatable bonds is 0. The van der Waals surface area contributed by atoms with Crippen LogP contribution >= 0.6 is 0 Å². The van der Waals surface area contributed by atoms with Gasteiger partial charge in [0.15, 0.2) is 7.28 Å². The number of hydrogen-bond acceptors (Lipinski definition) is 0. The summed E-state index contributed by atoms with van der Waals surface area (Å²) in [5.74, 6) is 4.25. The van der Waals surface area contributed by atoms with E-state index in [4.69, 9.17) is 0 Å². The largest absolute Gasteiger partial charge is 0.173 e. The summed E-state index contributed by atoms with van der Waals surface area (Å²) in [6.07, 6.45) is 4.11. The molecule has 1 aliphatic rings. The Morgan fingerprint density at radius 2 is 1.60 bits per heavy atom. The molecule has 0 amide bonds. The number of hydrogen-bond donors (Lipinski definition) is 0. The van der Waals surface area contributed by atoms with Crippen molar-refractivity contribution in [1.29, 1.82) is 0 Å². The van der Waals surface area contributed by atoms with Crippen molar-refractivity contribution in [3.05, 3.63) is 24.1 Å². The summed E-state index contributed by atoms with van der Waals surface area (Å²) in [4.78, 5) is 0. The Kier molecular flexibility index (Phi) is 0.615. The zero-order valence-corrected chi connectivity index (χ0v) is 3.02. The van der Waals surface area contributed by atoms with Gasteiger partial charge in [-0.2, -0.15) is 0 Å². The van der Waals surface area contributed by atoms with E-state index in [0.29, 0.717) is 0 Å². The smallest absolute Gasteiger partial charge is 0.114 e. The fourth-order valence-corrected chi connectivity index (χ4v) is 0.393. The van der Waals surface area contributed by atoms with E-state index < -0.39 is 0 Å². The fourth-order valence-electron chi connectivity index (χ4n) is 0.393. The molecule has 0 bridgehead atoms. The first-order valence-corrected chi connectivity index (χ1v) is 1.82. The minimum atomic E-state index is 1.14. The van der Waals surface area contributed by atoms with Crippen molar-refractivity contribution >= 4 is 7.28 Å². The molecule has 0 aliphatic carbocycles. The summed E-state index contributed by atoms with van der Waals surface area (Å²) in [5.41, 5.74) is 0. The highest BCUT2D eigenvalue weighted by Gasteiger charge is 1.76. The van der Waals surface area contributed by atoms with Crippen molar-refractivity contribution in [3.63, 3.8) is 0 Å². The van der Waals surface area contributed by atoms with Crippen LogP contribution in [0, 0.1) is 0 Å². The summed E-state index contributed by atoms with van der Waals surface area (Å²) in [6, 6.07) is 0. The van der Waals surface area contributed by atoms with Gasteiger partial charge in [0.2, 0.25) is 0 Å². The van der Waals surface area contributed by atoms with Gasteiger partial charge in [0.25, 0.3) is 0 Å². The van der Waals surface area contributed by atoms with Crippen LogP contribution in [0.3, 0.4) is 0 Å². The molecule has 0 aromatic heterocycles. The monoisotopic (exact) mass is 64.0 g/mol. The van der Waals surface area contributed by atoms with E-state index in [1.54, 1.807) is 0 Å². The third kappa shape index (κ3) is 0.410. The van der Waals surface area contributed by atoms with Crippen LogP contribution in [0.5, 0.6) is 0 Å². The maximum Gasteiger partial charge on any atom is 0.173 e. The molecule has 0 saturated carbocycles. The van der Waals surface area contributed by atoms with Gasteiger partial charge in [-0.15, -0.1) is 12.0 Å². The number of allylic oxidation sites excluding steroid dienone is 2. The first-order chi connectivity index (χ1) is 2.50. The van der Waals surface area contributed by atoms with E-state index in [2.05, 4.69) is 24.1 Å². The van der Waals surface area contributed by atoms with Crippen LogP contribution in [-0.4, -0.2) is 7.28 Å². The highest BCUT2D eigenvalue weighted by atomic mass is 13.6. The molecule has 0 fully saturated rings. The molecule has 0 saturated heterocycles. The average molecular weight is 63.9 g/mol. The topological polar surface area (TPSA) is 0 Å². The van der Waals surface area contributed by atoms with Gasteiger partial charge in [-0.1, -0.05) is 12.2 Å². The maximum absolute atomic E-state index is 2.12. The molecule has 5 heavy (non-hydrogen) atoms. The lowest BCUT2D eigenvalue weighted by atomic mass is 9.83. The second-order valence-electron chi connectivity index (χ2n) is 1.09. The summed E-state index contributed by atoms with van der Waals surface area (Å²) in [5, 5.41) is 0. The van der Waals surface area contributed by atoms with Crippen molar-refractivity contribution in [3.8, 4) is 0 Å². The minimum absolute atomic E-state index is 1.14. The molecule has 0 nitrogen and oxygen atoms in total. The van der Waals surface area contributed by atoms with Gasteiger partial charge in [0.1, 0.15) is 0 Å². The molecule has 0 radical (unpaired) electrons. The maximum atomic E-state index is 2.12. The Labute approximate surface area is 32.4 Å². The molecule has 0 aromatic rings. The van der Waals surface area contributed by atoms with E-state index in [0.717, 1.165) is 7.28 Å². The van der Waals surface area contributed by atoms with Crippen LogP contribution in [-0.2, 0) is 0 Å². The molecule has 0 unspecified atom stereocenters.